The number of pyridine rings is 1. The van der Waals surface area contributed by atoms with Gasteiger partial charge in [0.1, 0.15) is 23.0 Å². The van der Waals surface area contributed by atoms with E-state index < -0.39 is 11.9 Å². The highest BCUT2D eigenvalue weighted by atomic mass is 32.1. The number of carbonyl (C=O) groups is 2. The molecule has 0 aliphatic rings. The molecule has 0 fully saturated rings. The Morgan fingerprint density at radius 3 is 2.31 bits per heavy atom. The minimum absolute atomic E-state index is 0.203. The van der Waals surface area contributed by atoms with E-state index in [1.165, 1.54) is 22.3 Å². The van der Waals surface area contributed by atoms with Crippen LogP contribution in [0.4, 0.5) is 16.3 Å². The molecule has 0 aliphatic heterocycles. The Balaban J connectivity index is 1.85. The van der Waals surface area contributed by atoms with Crippen LogP contribution in [0, 0.1) is 13.8 Å². The molecular weight excluding hydrogens is 474 g/mol. The van der Waals surface area contributed by atoms with Crippen molar-refractivity contribution in [3.05, 3.63) is 69.9 Å². The first kappa shape index (κ1) is 24.9. The topological polar surface area (TPSA) is 141 Å². The summed E-state index contributed by atoms with van der Waals surface area (Å²) in [6.45, 7) is 9.86. The van der Waals surface area contributed by atoms with Crippen molar-refractivity contribution >= 4 is 34.8 Å². The minimum atomic E-state index is -0.729. The van der Waals surface area contributed by atoms with Crippen molar-refractivity contribution in [1.82, 2.24) is 19.9 Å². The van der Waals surface area contributed by atoms with Gasteiger partial charge in [-0.15, -0.1) is 11.3 Å². The van der Waals surface area contributed by atoms with Gasteiger partial charge in [-0.25, -0.2) is 29.6 Å². The van der Waals surface area contributed by atoms with Crippen LogP contribution in [-0.2, 0) is 5.41 Å². The summed E-state index contributed by atoms with van der Waals surface area (Å²) < 4.78 is 0. The van der Waals surface area contributed by atoms with Crippen LogP contribution in [0.3, 0.4) is 0 Å². The smallest absolute Gasteiger partial charge is 0.325 e. The first-order chi connectivity index (χ1) is 17.0. The van der Waals surface area contributed by atoms with Gasteiger partial charge in [-0.3, -0.25) is 4.79 Å². The van der Waals surface area contributed by atoms with Gasteiger partial charge in [0.25, 0.3) is 5.91 Å². The standard InChI is InChI=1S/C26H27N7O2S/c1-14-6-7-16(18-10-11-29-24(31-18)26(3,4)5)12-20(14)33(25(28)35)21-9-8-17(23(27)34)22(32-21)19-13-36-15(2)30-19/h6-13H,1-5H3,(H2,27,34)(H2,28,35). The van der Waals surface area contributed by atoms with Gasteiger partial charge in [0, 0.05) is 22.6 Å². The Bertz CT molecular complexity index is 1470. The third-order valence-electron chi connectivity index (χ3n) is 5.53. The molecule has 0 radical (unpaired) electrons. The van der Waals surface area contributed by atoms with Gasteiger partial charge in [0.15, 0.2) is 0 Å². The zero-order valence-corrected chi connectivity index (χ0v) is 21.6. The highest BCUT2D eigenvalue weighted by Crippen LogP contribution is 2.34. The Hall–Kier alpha value is -4.18. The van der Waals surface area contributed by atoms with Gasteiger partial charge >= 0.3 is 6.03 Å². The van der Waals surface area contributed by atoms with E-state index in [0.717, 1.165) is 21.8 Å². The number of anilines is 2. The lowest BCUT2D eigenvalue weighted by atomic mass is 9.95. The van der Waals surface area contributed by atoms with Crippen LogP contribution in [-0.4, -0.2) is 31.9 Å². The molecule has 0 unspecified atom stereocenters. The molecule has 0 atom stereocenters. The number of hydrogen-bond acceptors (Lipinski definition) is 7. The number of primary amides is 2. The summed E-state index contributed by atoms with van der Waals surface area (Å²) in [5.41, 5.74) is 15.0. The molecule has 0 saturated carbocycles. The molecule has 4 aromatic rings. The average Bonchev–Trinajstić information content (AvgIpc) is 3.25. The molecular formula is C26H27N7O2S. The lowest BCUT2D eigenvalue weighted by Gasteiger charge is -2.23. The normalized spacial score (nSPS) is 11.4. The Kier molecular flexibility index (Phi) is 6.55. The van der Waals surface area contributed by atoms with Crippen LogP contribution in [0.2, 0.25) is 0 Å². The summed E-state index contributed by atoms with van der Waals surface area (Å²) in [6.07, 6.45) is 1.72. The second-order valence-corrected chi connectivity index (χ2v) is 10.4. The van der Waals surface area contributed by atoms with Crippen molar-refractivity contribution in [3.8, 4) is 22.6 Å². The van der Waals surface area contributed by atoms with Crippen LogP contribution >= 0.6 is 11.3 Å². The molecule has 184 valence electrons. The summed E-state index contributed by atoms with van der Waals surface area (Å²) in [5, 5.41) is 2.60. The molecule has 4 rings (SSSR count). The monoisotopic (exact) mass is 501 g/mol. The summed E-state index contributed by atoms with van der Waals surface area (Å²) >= 11 is 1.42. The largest absolute Gasteiger partial charge is 0.366 e. The number of urea groups is 1. The number of thiazole rings is 1. The predicted molar refractivity (Wildman–Crippen MR) is 141 cm³/mol. The van der Waals surface area contributed by atoms with Crippen molar-refractivity contribution in [2.24, 2.45) is 11.5 Å². The fraction of sp³-hybridized carbons (Fsp3) is 0.231. The quantitative estimate of drug-likeness (QED) is 0.399. The average molecular weight is 502 g/mol. The van der Waals surface area contributed by atoms with Crippen molar-refractivity contribution in [1.29, 1.82) is 0 Å². The third kappa shape index (κ3) is 4.94. The number of rotatable bonds is 5. The first-order valence-electron chi connectivity index (χ1n) is 11.2. The minimum Gasteiger partial charge on any atom is -0.366 e. The Morgan fingerprint density at radius 1 is 0.944 bits per heavy atom. The van der Waals surface area contributed by atoms with Gasteiger partial charge in [-0.1, -0.05) is 32.9 Å². The zero-order valence-electron chi connectivity index (χ0n) is 20.7. The van der Waals surface area contributed by atoms with Crippen LogP contribution in [0.15, 0.2) is 48.0 Å². The molecule has 3 heterocycles. The Morgan fingerprint density at radius 2 is 1.69 bits per heavy atom. The fourth-order valence-corrected chi connectivity index (χ4v) is 4.28. The van der Waals surface area contributed by atoms with Crippen LogP contribution in [0.1, 0.15) is 47.5 Å². The van der Waals surface area contributed by atoms with Crippen molar-refractivity contribution in [2.45, 2.75) is 40.0 Å². The molecule has 0 aliphatic carbocycles. The van der Waals surface area contributed by atoms with Crippen LogP contribution in [0.5, 0.6) is 0 Å². The highest BCUT2D eigenvalue weighted by molar-refractivity contribution is 7.09. The van der Waals surface area contributed by atoms with Crippen LogP contribution < -0.4 is 16.4 Å². The van der Waals surface area contributed by atoms with E-state index >= 15 is 0 Å². The molecule has 3 amide bonds. The van der Waals surface area contributed by atoms with Crippen molar-refractivity contribution in [3.63, 3.8) is 0 Å². The van der Waals surface area contributed by atoms with Gasteiger partial charge in [0.2, 0.25) is 0 Å². The third-order valence-corrected chi connectivity index (χ3v) is 6.30. The number of carbonyl (C=O) groups excluding carboxylic acids is 2. The summed E-state index contributed by atoms with van der Waals surface area (Å²) in [7, 11) is 0. The number of amides is 3. The van der Waals surface area contributed by atoms with E-state index in [2.05, 4.69) is 15.0 Å². The van der Waals surface area contributed by atoms with E-state index in [0.29, 0.717) is 17.2 Å². The SMILES string of the molecule is Cc1nc(-c2nc(N(C(N)=O)c3cc(-c4ccnc(C(C)(C)C)n4)ccc3C)ccc2C(N)=O)cs1. The maximum Gasteiger partial charge on any atom is 0.325 e. The Labute approximate surface area is 213 Å². The summed E-state index contributed by atoms with van der Waals surface area (Å²) in [4.78, 5) is 44.3. The molecule has 0 saturated heterocycles. The number of aromatic nitrogens is 4. The van der Waals surface area contributed by atoms with E-state index in [-0.39, 0.29) is 22.5 Å². The maximum absolute atomic E-state index is 12.7. The molecule has 9 nitrogen and oxygen atoms in total. The van der Waals surface area contributed by atoms with E-state index in [4.69, 9.17) is 16.5 Å². The molecule has 36 heavy (non-hydrogen) atoms. The zero-order chi connectivity index (χ0) is 26.2. The molecule has 10 heteroatoms. The number of nitrogens with zero attached hydrogens (tertiary/aromatic N) is 5. The van der Waals surface area contributed by atoms with E-state index in [9.17, 15) is 9.59 Å². The van der Waals surface area contributed by atoms with Gasteiger partial charge in [-0.2, -0.15) is 0 Å². The predicted octanol–water partition coefficient (Wildman–Crippen LogP) is 4.89. The summed E-state index contributed by atoms with van der Waals surface area (Å²) in [6, 6.07) is 9.83. The van der Waals surface area contributed by atoms with Crippen molar-refractivity contribution < 1.29 is 9.59 Å². The lowest BCUT2D eigenvalue weighted by Crippen LogP contribution is -2.33. The lowest BCUT2D eigenvalue weighted by molar-refractivity contribution is 0.100. The van der Waals surface area contributed by atoms with Gasteiger partial charge in [0.05, 0.1) is 22.0 Å². The van der Waals surface area contributed by atoms with E-state index in [1.807, 2.05) is 58.9 Å². The van der Waals surface area contributed by atoms with Gasteiger partial charge in [-0.05, 0) is 43.7 Å². The second kappa shape index (κ2) is 9.46. The maximum atomic E-state index is 12.7. The number of benzene rings is 1. The molecule has 0 bridgehead atoms. The molecule has 3 aromatic heterocycles. The number of aryl methyl sites for hydroxylation is 2. The first-order valence-corrected chi connectivity index (χ1v) is 12.1. The second-order valence-electron chi connectivity index (χ2n) is 9.37. The highest BCUT2D eigenvalue weighted by Gasteiger charge is 2.24. The number of nitrogens with two attached hydrogens (primary N) is 2. The van der Waals surface area contributed by atoms with Gasteiger partial charge < -0.3 is 11.5 Å². The molecule has 1 aromatic carbocycles. The fourth-order valence-electron chi connectivity index (χ4n) is 3.69. The van der Waals surface area contributed by atoms with E-state index in [1.54, 1.807) is 17.6 Å². The van der Waals surface area contributed by atoms with Crippen LogP contribution in [0.25, 0.3) is 22.6 Å². The number of hydrogen-bond donors (Lipinski definition) is 2. The van der Waals surface area contributed by atoms with Crippen molar-refractivity contribution in [2.75, 3.05) is 4.90 Å². The molecule has 4 N–H and O–H groups in total. The summed E-state index contributed by atoms with van der Waals surface area (Å²) in [5.74, 6) is 0.309. The molecule has 0 spiro atoms.